The van der Waals surface area contributed by atoms with Crippen molar-refractivity contribution < 1.29 is 4.74 Å². The van der Waals surface area contributed by atoms with Gasteiger partial charge in [-0.15, -0.1) is 0 Å². The fourth-order valence-corrected chi connectivity index (χ4v) is 4.17. The zero-order valence-corrected chi connectivity index (χ0v) is 20.9. The summed E-state index contributed by atoms with van der Waals surface area (Å²) in [6.07, 6.45) is 7.75. The van der Waals surface area contributed by atoms with Gasteiger partial charge in [0.2, 0.25) is 0 Å². The lowest BCUT2D eigenvalue weighted by Crippen LogP contribution is -2.29. The first-order valence-electron chi connectivity index (χ1n) is 12.1. The van der Waals surface area contributed by atoms with Crippen LogP contribution in [0.2, 0.25) is 0 Å². The maximum Gasteiger partial charge on any atom is 0.182 e. The van der Waals surface area contributed by atoms with Crippen LogP contribution in [-0.4, -0.2) is 34.1 Å². The highest BCUT2D eigenvalue weighted by molar-refractivity contribution is 5.65. The topological polar surface area (TPSA) is 50.3 Å². The fraction of sp³-hybridized carbons (Fsp3) is 0.267. The van der Waals surface area contributed by atoms with E-state index in [2.05, 4.69) is 81.9 Å². The summed E-state index contributed by atoms with van der Waals surface area (Å²) in [5, 5.41) is 3.39. The van der Waals surface area contributed by atoms with Crippen molar-refractivity contribution in [3.05, 3.63) is 109 Å². The van der Waals surface area contributed by atoms with Crippen molar-refractivity contribution in [2.24, 2.45) is 0 Å². The van der Waals surface area contributed by atoms with E-state index in [1.165, 1.54) is 22.3 Å². The Kier molecular flexibility index (Phi) is 7.66. The molecule has 1 aliphatic heterocycles. The third-order valence-electron chi connectivity index (χ3n) is 5.95. The largest absolute Gasteiger partial charge is 0.477 e. The highest BCUT2D eigenvalue weighted by Gasteiger charge is 2.16. The van der Waals surface area contributed by atoms with E-state index >= 15 is 0 Å². The third-order valence-corrected chi connectivity index (χ3v) is 5.95. The molecule has 0 unspecified atom stereocenters. The molecule has 0 fully saturated rings. The quantitative estimate of drug-likeness (QED) is 0.360. The van der Waals surface area contributed by atoms with Gasteiger partial charge in [0.15, 0.2) is 5.88 Å². The van der Waals surface area contributed by atoms with Gasteiger partial charge in [-0.25, -0.2) is 0 Å². The summed E-state index contributed by atoms with van der Waals surface area (Å²) in [6.45, 7) is 16.0. The molecule has 1 N–H and O–H groups in total. The van der Waals surface area contributed by atoms with Gasteiger partial charge in [-0.05, 0) is 80.3 Å². The van der Waals surface area contributed by atoms with Crippen LogP contribution in [0.25, 0.3) is 16.7 Å². The first-order chi connectivity index (χ1) is 16.9. The zero-order valence-electron chi connectivity index (χ0n) is 20.9. The second-order valence-electron chi connectivity index (χ2n) is 9.21. The van der Waals surface area contributed by atoms with E-state index in [1.54, 1.807) is 0 Å². The van der Waals surface area contributed by atoms with Crippen molar-refractivity contribution in [3.63, 3.8) is 0 Å². The number of ether oxygens (including phenoxy) is 1. The number of aryl methyl sites for hydroxylation is 1. The van der Waals surface area contributed by atoms with Crippen LogP contribution >= 0.6 is 0 Å². The number of pyridine rings is 2. The molecule has 0 saturated carbocycles. The van der Waals surface area contributed by atoms with Gasteiger partial charge in [-0.3, -0.25) is 9.97 Å². The van der Waals surface area contributed by atoms with E-state index in [1.807, 2.05) is 39.2 Å². The van der Waals surface area contributed by atoms with E-state index in [4.69, 9.17) is 4.74 Å². The summed E-state index contributed by atoms with van der Waals surface area (Å²) in [4.78, 5) is 11.1. The number of aromatic nitrogens is 2. The van der Waals surface area contributed by atoms with Gasteiger partial charge in [0.1, 0.15) is 0 Å². The Morgan fingerprint density at radius 2 is 1.86 bits per heavy atom. The van der Waals surface area contributed by atoms with Crippen LogP contribution in [-0.2, 0) is 11.2 Å². The van der Waals surface area contributed by atoms with Gasteiger partial charge in [-0.1, -0.05) is 36.9 Å². The average Bonchev–Trinajstić information content (AvgIpc) is 2.85. The molecule has 0 amide bonds. The molecule has 0 atom stereocenters. The Bertz CT molecular complexity index is 1210. The second-order valence-corrected chi connectivity index (χ2v) is 9.21. The SMILES string of the molecule is C=C(Cc1ccc(-c2ccnc(C)c2)cc1)Nc1ccc(C2=CCN(C(=C)OC(C)C)CC2)nc1. The highest BCUT2D eigenvalue weighted by atomic mass is 16.5. The minimum Gasteiger partial charge on any atom is -0.477 e. The molecule has 180 valence electrons. The Balaban J connectivity index is 1.30. The maximum atomic E-state index is 5.72. The predicted octanol–water partition coefficient (Wildman–Crippen LogP) is 6.61. The van der Waals surface area contributed by atoms with Crippen LogP contribution in [0, 0.1) is 6.92 Å². The van der Waals surface area contributed by atoms with Gasteiger partial charge in [0, 0.05) is 37.1 Å². The molecule has 0 saturated heterocycles. The molecule has 3 aromatic rings. The number of allylic oxidation sites excluding steroid dienone is 1. The zero-order chi connectivity index (χ0) is 24.8. The molecule has 0 radical (unpaired) electrons. The number of benzene rings is 1. The van der Waals surface area contributed by atoms with Gasteiger partial charge in [-0.2, -0.15) is 0 Å². The number of nitrogens with zero attached hydrogens (tertiary/aromatic N) is 3. The predicted molar refractivity (Wildman–Crippen MR) is 145 cm³/mol. The van der Waals surface area contributed by atoms with Crippen LogP contribution in [0.3, 0.4) is 0 Å². The summed E-state index contributed by atoms with van der Waals surface area (Å²) < 4.78 is 5.72. The first-order valence-corrected chi connectivity index (χ1v) is 12.1. The number of hydrogen-bond donors (Lipinski definition) is 1. The Hall–Kier alpha value is -3.86. The molecule has 5 heteroatoms. The molecule has 3 heterocycles. The van der Waals surface area contributed by atoms with Crippen molar-refractivity contribution in [1.82, 2.24) is 14.9 Å². The lowest BCUT2D eigenvalue weighted by atomic mass is 10.0. The minimum atomic E-state index is 0.139. The van der Waals surface area contributed by atoms with Crippen LogP contribution in [0.1, 0.15) is 37.2 Å². The maximum absolute atomic E-state index is 5.72. The molecule has 5 nitrogen and oxygen atoms in total. The fourth-order valence-electron chi connectivity index (χ4n) is 4.17. The summed E-state index contributed by atoms with van der Waals surface area (Å²) >= 11 is 0. The van der Waals surface area contributed by atoms with Crippen LogP contribution < -0.4 is 5.32 Å². The number of nitrogens with one attached hydrogen (secondary N) is 1. The Labute approximate surface area is 208 Å². The van der Waals surface area contributed by atoms with Gasteiger partial charge < -0.3 is 15.0 Å². The van der Waals surface area contributed by atoms with E-state index < -0.39 is 0 Å². The lowest BCUT2D eigenvalue weighted by Gasteiger charge is -2.30. The van der Waals surface area contributed by atoms with Crippen molar-refractivity contribution >= 4 is 11.3 Å². The summed E-state index contributed by atoms with van der Waals surface area (Å²) in [5.41, 5.74) is 8.75. The van der Waals surface area contributed by atoms with Crippen LogP contribution in [0.15, 0.2) is 91.7 Å². The molecule has 2 aromatic heterocycles. The minimum absolute atomic E-state index is 0.139. The lowest BCUT2D eigenvalue weighted by molar-refractivity contribution is 0.0765. The van der Waals surface area contributed by atoms with E-state index in [0.717, 1.165) is 54.6 Å². The van der Waals surface area contributed by atoms with E-state index in [-0.39, 0.29) is 6.10 Å². The normalized spacial score (nSPS) is 13.4. The summed E-state index contributed by atoms with van der Waals surface area (Å²) in [6, 6.07) is 16.9. The molecular formula is C30H34N4O. The van der Waals surface area contributed by atoms with Gasteiger partial charge in [0.25, 0.3) is 0 Å². The average molecular weight is 467 g/mol. The molecule has 0 aliphatic carbocycles. The van der Waals surface area contributed by atoms with Crippen LogP contribution in [0.4, 0.5) is 5.69 Å². The van der Waals surface area contributed by atoms with Crippen LogP contribution in [0.5, 0.6) is 0 Å². The molecular weight excluding hydrogens is 432 g/mol. The molecule has 4 rings (SSSR count). The van der Waals surface area contributed by atoms with Crippen molar-refractivity contribution in [2.75, 3.05) is 18.4 Å². The van der Waals surface area contributed by atoms with Crippen molar-refractivity contribution in [1.29, 1.82) is 0 Å². The molecule has 35 heavy (non-hydrogen) atoms. The van der Waals surface area contributed by atoms with E-state index in [9.17, 15) is 0 Å². The Morgan fingerprint density at radius 1 is 1.06 bits per heavy atom. The van der Waals surface area contributed by atoms with E-state index in [0.29, 0.717) is 0 Å². The molecule has 1 aromatic carbocycles. The summed E-state index contributed by atoms with van der Waals surface area (Å²) in [7, 11) is 0. The van der Waals surface area contributed by atoms with Gasteiger partial charge >= 0.3 is 0 Å². The second kappa shape index (κ2) is 11.0. The molecule has 0 spiro atoms. The molecule has 0 bridgehead atoms. The third kappa shape index (κ3) is 6.60. The first kappa shape index (κ1) is 24.3. The number of rotatable bonds is 9. The smallest absolute Gasteiger partial charge is 0.182 e. The standard InChI is InChI=1S/C30H34N4O/c1-21(2)35-24(5)34-16-13-27(14-17-34)30-11-10-29(20-32-30)33-23(4)18-25-6-8-26(9-7-25)28-12-15-31-22(3)19-28/h6-13,15,19-21,33H,4-5,14,16-18H2,1-3H3. The van der Waals surface area contributed by atoms with Gasteiger partial charge in [0.05, 0.1) is 23.7 Å². The van der Waals surface area contributed by atoms with Crippen molar-refractivity contribution in [3.8, 4) is 11.1 Å². The Morgan fingerprint density at radius 3 is 2.49 bits per heavy atom. The molecule has 1 aliphatic rings. The number of hydrogen-bond acceptors (Lipinski definition) is 5. The monoisotopic (exact) mass is 466 g/mol. The number of anilines is 1. The highest BCUT2D eigenvalue weighted by Crippen LogP contribution is 2.25. The van der Waals surface area contributed by atoms with Crippen molar-refractivity contribution in [2.45, 2.75) is 39.7 Å². The summed E-state index contributed by atoms with van der Waals surface area (Å²) in [5.74, 6) is 0.739.